The Bertz CT molecular complexity index is 1930. The summed E-state index contributed by atoms with van der Waals surface area (Å²) in [6.07, 6.45) is 113. The molecule has 0 bridgehead atoms. The Balaban J connectivity index is 3.90. The first kappa shape index (κ1) is 99.7. The standard InChI is InChI=1S/C94H173NO8/c1-6-8-10-12-14-16-18-20-22-24-26-28-30-32-34-36-38-40-42-44-45-46-47-49-50-52-54-56-58-60-62-64-66-68-70-72-74-76-78-80-82-84-91(96)101-88-90(89-102-94(93(98)99)100-87-86-95(3,4)5)103-92(97)85-83-81-79-77-75-73-71-69-67-65-63-61-59-57-55-53-51-48-43-41-39-37-35-33-31-29-27-25-23-21-19-17-15-13-11-9-7-2/h9,11,15,17,21,23,27,29,33,35,39,41,90,94H,6-8,10,12-14,16,18-20,22,24-26,28,30-32,34,36-38,40,42-89H2,1-5H3/p+1/b11-9-,17-15-,23-21-,29-27-,35-33-,41-39-. The summed E-state index contributed by atoms with van der Waals surface area (Å²) in [7, 11) is 6.00. The SMILES string of the molecule is CC/C=C\C/C=C\C/C=C\C/C=C\C/C=C\C/C=C\CCCCCCCCCCCCCCCCCCCCC(=O)OC(COC(=O)CCCCCCCCCCCCCCCCCCCCCCCCCCCCCCCCCCCCCCCCCCC)COC(OCC[N+](C)(C)C)C(=O)O. The van der Waals surface area contributed by atoms with Crippen molar-refractivity contribution in [1.82, 2.24) is 0 Å². The zero-order chi connectivity index (χ0) is 74.6. The van der Waals surface area contributed by atoms with E-state index in [1.165, 1.54) is 347 Å². The summed E-state index contributed by atoms with van der Waals surface area (Å²) in [6.45, 7) is 4.84. The van der Waals surface area contributed by atoms with E-state index in [9.17, 15) is 19.5 Å². The fraction of sp³-hybridized carbons (Fsp3) is 0.840. The third-order valence-electron chi connectivity index (χ3n) is 20.5. The van der Waals surface area contributed by atoms with Crippen LogP contribution < -0.4 is 0 Å². The monoisotopic (exact) mass is 1450 g/mol. The minimum absolute atomic E-state index is 0.177. The Morgan fingerprint density at radius 2 is 0.553 bits per heavy atom. The number of aliphatic carboxylic acids is 1. The number of esters is 2. The Labute approximate surface area is 640 Å². The van der Waals surface area contributed by atoms with E-state index >= 15 is 0 Å². The van der Waals surface area contributed by atoms with E-state index in [0.29, 0.717) is 17.4 Å². The summed E-state index contributed by atoms with van der Waals surface area (Å²) in [5, 5.41) is 9.79. The number of carbonyl (C=O) groups is 3. The van der Waals surface area contributed by atoms with Crippen molar-refractivity contribution in [2.45, 2.75) is 463 Å². The molecule has 2 unspecified atom stereocenters. The fourth-order valence-electron chi connectivity index (χ4n) is 13.7. The number of carbonyl (C=O) groups excluding carboxylic acids is 2. The normalized spacial score (nSPS) is 12.9. The number of quaternary nitrogens is 1. The number of unbranched alkanes of at least 4 members (excludes halogenated alkanes) is 58. The molecule has 0 saturated carbocycles. The van der Waals surface area contributed by atoms with Gasteiger partial charge in [-0.3, -0.25) is 9.59 Å². The van der Waals surface area contributed by atoms with Crippen LogP contribution in [0.25, 0.3) is 0 Å². The van der Waals surface area contributed by atoms with E-state index in [1.54, 1.807) is 0 Å². The lowest BCUT2D eigenvalue weighted by molar-refractivity contribution is -0.870. The van der Waals surface area contributed by atoms with Gasteiger partial charge in [-0.05, 0) is 64.2 Å². The first-order valence-corrected chi connectivity index (χ1v) is 45.1. The van der Waals surface area contributed by atoms with Crippen molar-refractivity contribution in [2.24, 2.45) is 0 Å². The molecule has 0 aliphatic heterocycles. The van der Waals surface area contributed by atoms with Crippen molar-refractivity contribution in [3.63, 3.8) is 0 Å². The van der Waals surface area contributed by atoms with E-state index in [0.717, 1.165) is 77.0 Å². The summed E-state index contributed by atoms with van der Waals surface area (Å²) in [4.78, 5) is 37.8. The van der Waals surface area contributed by atoms with Crippen LogP contribution in [0.15, 0.2) is 72.9 Å². The van der Waals surface area contributed by atoms with Gasteiger partial charge in [0.1, 0.15) is 13.2 Å². The first-order chi connectivity index (χ1) is 50.6. The van der Waals surface area contributed by atoms with Gasteiger partial charge in [-0.25, -0.2) is 4.79 Å². The maximum Gasteiger partial charge on any atom is 0.361 e. The third-order valence-corrected chi connectivity index (χ3v) is 20.5. The largest absolute Gasteiger partial charge is 0.477 e. The summed E-state index contributed by atoms with van der Waals surface area (Å²) in [6, 6.07) is 0. The van der Waals surface area contributed by atoms with Gasteiger partial charge >= 0.3 is 17.9 Å². The van der Waals surface area contributed by atoms with Gasteiger partial charge in [0.15, 0.2) is 6.10 Å². The molecule has 9 heteroatoms. The number of carboxylic acids is 1. The average Bonchev–Trinajstić information content (AvgIpc) is 1.16. The molecule has 0 saturated heterocycles. The highest BCUT2D eigenvalue weighted by molar-refractivity contribution is 5.71. The van der Waals surface area contributed by atoms with Crippen molar-refractivity contribution in [3.05, 3.63) is 72.9 Å². The van der Waals surface area contributed by atoms with Crippen molar-refractivity contribution in [3.8, 4) is 0 Å². The highest BCUT2D eigenvalue weighted by Gasteiger charge is 2.25. The molecular weight excluding hydrogens is 1270 g/mol. The molecule has 0 aromatic carbocycles. The van der Waals surface area contributed by atoms with Crippen LogP contribution in [0.1, 0.15) is 450 Å². The molecule has 1 N–H and O–H groups in total. The predicted octanol–water partition coefficient (Wildman–Crippen LogP) is 29.5. The van der Waals surface area contributed by atoms with Gasteiger partial charge in [0, 0.05) is 12.8 Å². The molecule has 103 heavy (non-hydrogen) atoms. The van der Waals surface area contributed by atoms with E-state index in [4.69, 9.17) is 18.9 Å². The van der Waals surface area contributed by atoms with Gasteiger partial charge in [-0.1, -0.05) is 446 Å². The second kappa shape index (κ2) is 84.4. The molecule has 0 amide bonds. The number of rotatable bonds is 85. The van der Waals surface area contributed by atoms with E-state index in [2.05, 4.69) is 86.8 Å². The quantitative estimate of drug-likeness (QED) is 0.0211. The Kier molecular flexibility index (Phi) is 81.7. The molecule has 0 aliphatic rings. The van der Waals surface area contributed by atoms with Gasteiger partial charge in [-0.15, -0.1) is 0 Å². The molecule has 0 heterocycles. The second-order valence-corrected chi connectivity index (χ2v) is 31.9. The van der Waals surface area contributed by atoms with Crippen molar-refractivity contribution in [2.75, 3.05) is 47.5 Å². The minimum Gasteiger partial charge on any atom is -0.477 e. The van der Waals surface area contributed by atoms with Crippen LogP contribution in [0, 0.1) is 0 Å². The van der Waals surface area contributed by atoms with Gasteiger partial charge in [-0.2, -0.15) is 0 Å². The number of hydrogen-bond donors (Lipinski definition) is 1. The van der Waals surface area contributed by atoms with Gasteiger partial charge in [0.2, 0.25) is 0 Å². The molecule has 0 fully saturated rings. The van der Waals surface area contributed by atoms with E-state index in [1.807, 2.05) is 21.1 Å². The lowest BCUT2D eigenvalue weighted by Crippen LogP contribution is -2.40. The Hall–Kier alpha value is -3.27. The zero-order valence-corrected chi connectivity index (χ0v) is 69.2. The van der Waals surface area contributed by atoms with Gasteiger partial charge in [0.25, 0.3) is 6.29 Å². The lowest BCUT2D eigenvalue weighted by Gasteiger charge is -2.25. The number of likely N-dealkylation sites (N-methyl/N-ethyl adjacent to an activating group) is 1. The molecule has 0 spiro atoms. The Morgan fingerprint density at radius 3 is 0.825 bits per heavy atom. The van der Waals surface area contributed by atoms with Crippen LogP contribution in [0.3, 0.4) is 0 Å². The van der Waals surface area contributed by atoms with Crippen molar-refractivity contribution >= 4 is 17.9 Å². The molecule has 9 nitrogen and oxygen atoms in total. The number of nitrogens with zero attached hydrogens (tertiary/aromatic N) is 1. The number of hydrogen-bond acceptors (Lipinski definition) is 7. The maximum atomic E-state index is 13.0. The summed E-state index contributed by atoms with van der Waals surface area (Å²) >= 11 is 0. The third kappa shape index (κ3) is 85.9. The minimum atomic E-state index is -1.51. The van der Waals surface area contributed by atoms with Gasteiger partial charge in [0.05, 0.1) is 34.4 Å². The number of allylic oxidation sites excluding steroid dienone is 12. The van der Waals surface area contributed by atoms with Crippen LogP contribution in [-0.2, 0) is 33.3 Å². The smallest absolute Gasteiger partial charge is 0.361 e. The first-order valence-electron chi connectivity index (χ1n) is 45.1. The topological polar surface area (TPSA) is 108 Å². The predicted molar refractivity (Wildman–Crippen MR) is 447 cm³/mol. The molecule has 0 rings (SSSR count). The second-order valence-electron chi connectivity index (χ2n) is 31.9. The summed E-state index contributed by atoms with van der Waals surface area (Å²) in [5.74, 6) is -1.97. The van der Waals surface area contributed by atoms with Crippen LogP contribution in [0.5, 0.6) is 0 Å². The molecule has 2 atom stereocenters. The van der Waals surface area contributed by atoms with E-state index in [-0.39, 0.29) is 38.2 Å². The number of ether oxygens (including phenoxy) is 4. The Morgan fingerprint density at radius 1 is 0.301 bits per heavy atom. The van der Waals surface area contributed by atoms with Crippen LogP contribution in [0.2, 0.25) is 0 Å². The highest BCUT2D eigenvalue weighted by Crippen LogP contribution is 2.21. The molecular formula is C94H174NO8+. The van der Waals surface area contributed by atoms with Gasteiger partial charge < -0.3 is 28.5 Å². The van der Waals surface area contributed by atoms with Crippen LogP contribution in [0.4, 0.5) is 0 Å². The zero-order valence-electron chi connectivity index (χ0n) is 69.2. The maximum absolute atomic E-state index is 13.0. The summed E-state index contributed by atoms with van der Waals surface area (Å²) < 4.78 is 23.1. The molecule has 0 aromatic heterocycles. The fourth-order valence-corrected chi connectivity index (χ4v) is 13.7. The number of carboxylic acid groups (broad SMARTS) is 1. The van der Waals surface area contributed by atoms with Crippen LogP contribution >= 0.6 is 0 Å². The van der Waals surface area contributed by atoms with Crippen molar-refractivity contribution < 1.29 is 42.9 Å². The van der Waals surface area contributed by atoms with Crippen molar-refractivity contribution in [1.29, 1.82) is 0 Å². The molecule has 0 aromatic rings. The molecule has 602 valence electrons. The highest BCUT2D eigenvalue weighted by atomic mass is 16.7. The lowest BCUT2D eigenvalue weighted by atomic mass is 10.0. The van der Waals surface area contributed by atoms with E-state index < -0.39 is 18.4 Å². The molecule has 0 radical (unpaired) electrons. The summed E-state index contributed by atoms with van der Waals surface area (Å²) in [5.41, 5.74) is 0. The van der Waals surface area contributed by atoms with Crippen LogP contribution in [-0.4, -0.2) is 87.4 Å². The molecule has 0 aliphatic carbocycles. The average molecular weight is 1450 g/mol.